The molecule has 0 spiro atoms. The maximum Gasteiger partial charge on any atom is 0.244 e. The smallest absolute Gasteiger partial charge is 0.244 e. The van der Waals surface area contributed by atoms with E-state index in [9.17, 15) is 22.4 Å². The first-order valence-corrected chi connectivity index (χ1v) is 14.9. The van der Waals surface area contributed by atoms with Gasteiger partial charge in [-0.1, -0.05) is 48.5 Å². The highest BCUT2D eigenvalue weighted by molar-refractivity contribution is 7.92. The van der Waals surface area contributed by atoms with Gasteiger partial charge in [0.25, 0.3) is 0 Å². The molecule has 0 aliphatic rings. The summed E-state index contributed by atoms with van der Waals surface area (Å²) in [5.74, 6) is -1.35. The molecule has 0 saturated heterocycles. The van der Waals surface area contributed by atoms with Crippen molar-refractivity contribution in [2.45, 2.75) is 59.2 Å². The maximum atomic E-state index is 14.1. The monoisotopic (exact) mass is 567 g/mol. The van der Waals surface area contributed by atoms with Gasteiger partial charge in [0.1, 0.15) is 18.4 Å². The largest absolute Gasteiger partial charge is 0.350 e. The third-order valence-electron chi connectivity index (χ3n) is 6.49. The Bertz CT molecular complexity index is 1440. The fourth-order valence-electron chi connectivity index (χ4n) is 4.29. The second kappa shape index (κ2) is 12.6. The molecule has 0 fully saturated rings. The average Bonchev–Trinajstić information content (AvgIpc) is 2.86. The topological polar surface area (TPSA) is 86.8 Å². The number of carbonyl (C=O) groups excluding carboxylic acids is 2. The normalized spacial score (nSPS) is 12.5. The zero-order valence-electron chi connectivity index (χ0n) is 23.9. The summed E-state index contributed by atoms with van der Waals surface area (Å²) in [4.78, 5) is 29.1. The molecule has 7 nitrogen and oxygen atoms in total. The van der Waals surface area contributed by atoms with Gasteiger partial charge in [-0.05, 0) is 81.1 Å². The molecule has 1 N–H and O–H groups in total. The summed E-state index contributed by atoms with van der Waals surface area (Å²) in [5.41, 5.74) is 3.10. The Kier molecular flexibility index (Phi) is 9.73. The van der Waals surface area contributed by atoms with Gasteiger partial charge in [0, 0.05) is 18.5 Å². The van der Waals surface area contributed by atoms with Crippen LogP contribution in [0.25, 0.3) is 0 Å². The van der Waals surface area contributed by atoms with Gasteiger partial charge in [-0.25, -0.2) is 12.8 Å². The number of carbonyl (C=O) groups is 2. The molecule has 0 heterocycles. The van der Waals surface area contributed by atoms with Gasteiger partial charge in [0.15, 0.2) is 0 Å². The van der Waals surface area contributed by atoms with Gasteiger partial charge in [0.05, 0.1) is 11.9 Å². The minimum atomic E-state index is -3.85. The predicted octanol–water partition coefficient (Wildman–Crippen LogP) is 4.76. The van der Waals surface area contributed by atoms with Crippen molar-refractivity contribution in [3.8, 4) is 0 Å². The van der Waals surface area contributed by atoms with E-state index < -0.39 is 39.9 Å². The van der Waals surface area contributed by atoms with Crippen molar-refractivity contribution in [1.29, 1.82) is 0 Å². The number of aryl methyl sites for hydroxylation is 2. The van der Waals surface area contributed by atoms with E-state index >= 15 is 0 Å². The Morgan fingerprint density at radius 3 is 2.08 bits per heavy atom. The van der Waals surface area contributed by atoms with E-state index in [1.807, 2.05) is 65.0 Å². The van der Waals surface area contributed by atoms with Crippen molar-refractivity contribution in [2.75, 3.05) is 17.1 Å². The molecule has 3 rings (SSSR count). The number of halogens is 1. The van der Waals surface area contributed by atoms with Crippen molar-refractivity contribution in [3.63, 3.8) is 0 Å². The zero-order valence-corrected chi connectivity index (χ0v) is 24.8. The Balaban J connectivity index is 2.08. The number of rotatable bonds is 10. The summed E-state index contributed by atoms with van der Waals surface area (Å²) in [5, 5.41) is 2.97. The number of anilines is 1. The molecular formula is C31H38FN3O4S. The van der Waals surface area contributed by atoms with Gasteiger partial charge >= 0.3 is 0 Å². The van der Waals surface area contributed by atoms with Crippen LogP contribution in [0.1, 0.15) is 43.0 Å². The SMILES string of the molecule is Cc1ccc(N(CC(=O)N(Cc2ccc(F)cc2)C(Cc2ccccc2)C(=O)NC(C)(C)C)S(C)(=O)=O)cc1C. The lowest BCUT2D eigenvalue weighted by atomic mass is 10.0. The van der Waals surface area contributed by atoms with E-state index in [-0.39, 0.29) is 18.9 Å². The molecule has 9 heteroatoms. The lowest BCUT2D eigenvalue weighted by Crippen LogP contribution is -2.56. The molecule has 0 radical (unpaired) electrons. The van der Waals surface area contributed by atoms with Crippen LogP contribution in [0, 0.1) is 19.7 Å². The van der Waals surface area contributed by atoms with Gasteiger partial charge in [-0.15, -0.1) is 0 Å². The summed E-state index contributed by atoms with van der Waals surface area (Å²) in [6, 6.07) is 19.2. The highest BCUT2D eigenvalue weighted by Gasteiger charge is 2.34. The van der Waals surface area contributed by atoms with Crippen LogP contribution in [-0.4, -0.2) is 49.5 Å². The van der Waals surface area contributed by atoms with Crippen LogP contribution in [0.4, 0.5) is 10.1 Å². The summed E-state index contributed by atoms with van der Waals surface area (Å²) in [6.45, 7) is 8.82. The summed E-state index contributed by atoms with van der Waals surface area (Å²) >= 11 is 0. The molecular weight excluding hydrogens is 529 g/mol. The van der Waals surface area contributed by atoms with Crippen molar-refractivity contribution >= 4 is 27.5 Å². The van der Waals surface area contributed by atoms with Gasteiger partial charge in [0.2, 0.25) is 21.8 Å². The number of hydrogen-bond donors (Lipinski definition) is 1. The van der Waals surface area contributed by atoms with Crippen molar-refractivity contribution in [2.24, 2.45) is 0 Å². The first-order chi connectivity index (χ1) is 18.6. The second-order valence-electron chi connectivity index (χ2n) is 11.1. The number of nitrogens with zero attached hydrogens (tertiary/aromatic N) is 2. The fraction of sp³-hybridized carbons (Fsp3) is 0.355. The lowest BCUT2D eigenvalue weighted by Gasteiger charge is -2.35. The first kappa shape index (κ1) is 30.8. The van der Waals surface area contributed by atoms with E-state index in [0.29, 0.717) is 11.3 Å². The Labute approximate surface area is 237 Å². The number of sulfonamides is 1. The van der Waals surface area contributed by atoms with Crippen molar-refractivity contribution in [3.05, 3.63) is 101 Å². The van der Waals surface area contributed by atoms with Crippen LogP contribution in [0.3, 0.4) is 0 Å². The molecule has 40 heavy (non-hydrogen) atoms. The molecule has 1 unspecified atom stereocenters. The second-order valence-corrected chi connectivity index (χ2v) is 13.0. The van der Waals surface area contributed by atoms with Crippen LogP contribution < -0.4 is 9.62 Å². The van der Waals surface area contributed by atoms with Crippen LogP contribution in [0.5, 0.6) is 0 Å². The van der Waals surface area contributed by atoms with E-state index in [1.54, 1.807) is 30.3 Å². The van der Waals surface area contributed by atoms with Gasteiger partial charge in [-0.3, -0.25) is 13.9 Å². The Morgan fingerprint density at radius 2 is 1.52 bits per heavy atom. The molecule has 0 saturated carbocycles. The van der Waals surface area contributed by atoms with Crippen LogP contribution in [0.2, 0.25) is 0 Å². The number of nitrogens with one attached hydrogen (secondary N) is 1. The molecule has 0 aliphatic carbocycles. The van der Waals surface area contributed by atoms with Gasteiger partial charge < -0.3 is 10.2 Å². The first-order valence-electron chi connectivity index (χ1n) is 13.1. The van der Waals surface area contributed by atoms with Crippen LogP contribution >= 0.6 is 0 Å². The molecule has 0 bridgehead atoms. The summed E-state index contributed by atoms with van der Waals surface area (Å²) in [6.07, 6.45) is 1.26. The minimum Gasteiger partial charge on any atom is -0.350 e. The zero-order chi connectivity index (χ0) is 29.7. The van der Waals surface area contributed by atoms with Crippen molar-refractivity contribution in [1.82, 2.24) is 10.2 Å². The van der Waals surface area contributed by atoms with Gasteiger partial charge in [-0.2, -0.15) is 0 Å². The minimum absolute atomic E-state index is 0.0152. The summed E-state index contributed by atoms with van der Waals surface area (Å²) in [7, 11) is -3.85. The van der Waals surface area contributed by atoms with E-state index in [1.165, 1.54) is 17.0 Å². The highest BCUT2D eigenvalue weighted by atomic mass is 32.2. The molecule has 0 aromatic heterocycles. The lowest BCUT2D eigenvalue weighted by molar-refractivity contribution is -0.140. The standard InChI is InChI=1S/C31H38FN3O4S/c1-22-12-17-27(18-23(22)2)35(40(6,38)39)21-29(36)34(20-25-13-15-26(32)16-14-25)28(30(37)33-31(3,4)5)19-24-10-8-7-9-11-24/h7-18,28H,19-21H2,1-6H3,(H,33,37). The van der Waals surface area contributed by atoms with Crippen LogP contribution in [0.15, 0.2) is 72.8 Å². The Morgan fingerprint density at radius 1 is 0.900 bits per heavy atom. The third kappa shape index (κ3) is 8.64. The Hall–Kier alpha value is -3.72. The number of hydrogen-bond acceptors (Lipinski definition) is 4. The summed E-state index contributed by atoms with van der Waals surface area (Å²) < 4.78 is 40.5. The maximum absolute atomic E-state index is 14.1. The number of benzene rings is 3. The molecule has 1 atom stereocenters. The molecule has 214 valence electrons. The molecule has 3 aromatic carbocycles. The third-order valence-corrected chi connectivity index (χ3v) is 7.63. The molecule has 0 aliphatic heterocycles. The van der Waals surface area contributed by atoms with Crippen molar-refractivity contribution < 1.29 is 22.4 Å². The van der Waals surface area contributed by atoms with E-state index in [4.69, 9.17) is 0 Å². The quantitative estimate of drug-likeness (QED) is 0.383. The van der Waals surface area contributed by atoms with E-state index in [2.05, 4.69) is 5.32 Å². The predicted molar refractivity (Wildman–Crippen MR) is 157 cm³/mol. The molecule has 2 amide bonds. The highest BCUT2D eigenvalue weighted by Crippen LogP contribution is 2.23. The fourth-order valence-corrected chi connectivity index (χ4v) is 5.13. The number of amides is 2. The molecule has 3 aromatic rings. The van der Waals surface area contributed by atoms with Crippen LogP contribution in [-0.2, 0) is 32.6 Å². The van der Waals surface area contributed by atoms with E-state index in [0.717, 1.165) is 27.3 Å². The average molecular weight is 568 g/mol.